The first-order chi connectivity index (χ1) is 8.75. The minimum absolute atomic E-state index is 0.271. The first kappa shape index (κ1) is 16.8. The van der Waals surface area contributed by atoms with Gasteiger partial charge in [-0.15, -0.1) is 0 Å². The Labute approximate surface area is 109 Å². The average Bonchev–Trinajstić information content (AvgIpc) is 2.40. The fourth-order valence-corrected chi connectivity index (χ4v) is 0.908. The average molecular weight is 272 g/mol. The maximum Gasteiger partial charge on any atom is 0.400 e. The Morgan fingerprint density at radius 3 is 1.63 bits per heavy atom. The lowest BCUT2D eigenvalue weighted by molar-refractivity contribution is -0.159. The molecule has 0 aliphatic carbocycles. The Morgan fingerprint density at radius 2 is 1.37 bits per heavy atom. The van der Waals surface area contributed by atoms with Crippen LogP contribution < -0.4 is 10.6 Å². The zero-order valence-corrected chi connectivity index (χ0v) is 10.5. The minimum Gasteiger partial charge on any atom is -0.349 e. The van der Waals surface area contributed by atoms with Crippen LogP contribution in [0.1, 0.15) is 13.8 Å². The summed E-state index contributed by atoms with van der Waals surface area (Å²) in [5.41, 5.74) is 0. The van der Waals surface area contributed by atoms with Gasteiger partial charge in [-0.05, 0) is 13.8 Å². The summed E-state index contributed by atoms with van der Waals surface area (Å²) in [4.78, 5) is 22.3. The summed E-state index contributed by atoms with van der Waals surface area (Å²) in [5.74, 6) is -9.04. The predicted molar refractivity (Wildman–Crippen MR) is 60.5 cm³/mol. The zero-order chi connectivity index (χ0) is 15.1. The molecule has 0 aromatic heterocycles. The maximum absolute atomic E-state index is 13.3. The molecule has 2 N–H and O–H groups in total. The van der Waals surface area contributed by atoms with Gasteiger partial charge in [0.1, 0.15) is 0 Å². The van der Waals surface area contributed by atoms with Crippen molar-refractivity contribution < 1.29 is 18.4 Å². The Hall–Kier alpha value is -2.22. The molecule has 0 spiro atoms. The van der Waals surface area contributed by atoms with Crippen molar-refractivity contribution in [3.05, 3.63) is 0 Å². The molecular formula is C11H14F2N4O2. The van der Waals surface area contributed by atoms with Crippen LogP contribution >= 0.6 is 0 Å². The Bertz CT molecular complexity index is 387. The van der Waals surface area contributed by atoms with Gasteiger partial charge in [-0.2, -0.15) is 19.3 Å². The lowest BCUT2D eigenvalue weighted by atomic mass is 10.2. The topological polar surface area (TPSA) is 106 Å². The van der Waals surface area contributed by atoms with Gasteiger partial charge in [0.25, 0.3) is 0 Å². The van der Waals surface area contributed by atoms with Gasteiger partial charge in [0.15, 0.2) is 0 Å². The number of nitrogens with one attached hydrogen (secondary N) is 2. The molecule has 2 unspecified atom stereocenters. The highest BCUT2D eigenvalue weighted by Crippen LogP contribution is 2.14. The van der Waals surface area contributed by atoms with Crippen molar-refractivity contribution in [2.45, 2.75) is 19.8 Å². The molecule has 0 fully saturated rings. The van der Waals surface area contributed by atoms with E-state index in [4.69, 9.17) is 10.5 Å². The van der Waals surface area contributed by atoms with Gasteiger partial charge in [-0.1, -0.05) is 0 Å². The highest BCUT2D eigenvalue weighted by molar-refractivity contribution is 6.06. The standard InChI is InChI=1S/C11H14F2N4O2/c1-7(3-14)5-16-9(18)11(12,13)10(19)17-6-8(2)4-15/h7-8H,5-6H2,1-2H3,(H,16,18)(H,17,19). The minimum atomic E-state index is -4.23. The Kier molecular flexibility index (Phi) is 6.42. The summed E-state index contributed by atoms with van der Waals surface area (Å²) < 4.78 is 26.7. The van der Waals surface area contributed by atoms with Crippen molar-refractivity contribution in [1.29, 1.82) is 10.5 Å². The number of rotatable bonds is 6. The SMILES string of the molecule is CC(C#N)CNC(=O)C(F)(F)C(=O)NCC(C)C#N. The fraction of sp³-hybridized carbons (Fsp3) is 0.636. The second-order valence-electron chi connectivity index (χ2n) is 4.05. The molecule has 0 radical (unpaired) electrons. The molecule has 0 aliphatic heterocycles. The van der Waals surface area contributed by atoms with Crippen LogP contribution in [0.3, 0.4) is 0 Å². The molecule has 8 heteroatoms. The molecule has 0 bridgehead atoms. The summed E-state index contributed by atoms with van der Waals surface area (Å²) in [6.07, 6.45) is 0. The number of alkyl halides is 2. The molecule has 6 nitrogen and oxygen atoms in total. The van der Waals surface area contributed by atoms with E-state index in [0.29, 0.717) is 0 Å². The van der Waals surface area contributed by atoms with E-state index in [2.05, 4.69) is 0 Å². The van der Waals surface area contributed by atoms with Gasteiger partial charge in [0, 0.05) is 13.1 Å². The quantitative estimate of drug-likeness (QED) is 0.672. The van der Waals surface area contributed by atoms with E-state index in [-0.39, 0.29) is 13.1 Å². The zero-order valence-electron chi connectivity index (χ0n) is 10.5. The molecule has 0 heterocycles. The molecule has 0 aliphatic rings. The third-order valence-corrected chi connectivity index (χ3v) is 2.15. The Balaban J connectivity index is 4.43. The molecule has 2 atom stereocenters. The number of amides is 2. The van der Waals surface area contributed by atoms with Gasteiger partial charge in [0.05, 0.1) is 24.0 Å². The van der Waals surface area contributed by atoms with Crippen LogP contribution in [0, 0.1) is 34.5 Å². The summed E-state index contributed by atoms with van der Waals surface area (Å²) in [6.45, 7) is 2.33. The van der Waals surface area contributed by atoms with E-state index in [1.54, 1.807) is 12.1 Å². The van der Waals surface area contributed by atoms with Gasteiger partial charge in [-0.25, -0.2) is 0 Å². The second kappa shape index (κ2) is 7.27. The normalized spacial score (nSPS) is 13.6. The molecule has 19 heavy (non-hydrogen) atoms. The van der Waals surface area contributed by atoms with Crippen LogP contribution in [-0.4, -0.2) is 30.8 Å². The smallest absolute Gasteiger partial charge is 0.349 e. The first-order valence-electron chi connectivity index (χ1n) is 5.49. The highest BCUT2D eigenvalue weighted by Gasteiger charge is 2.47. The van der Waals surface area contributed by atoms with E-state index < -0.39 is 29.6 Å². The van der Waals surface area contributed by atoms with E-state index in [9.17, 15) is 18.4 Å². The number of carbonyl (C=O) groups is 2. The van der Waals surface area contributed by atoms with Crippen molar-refractivity contribution in [2.24, 2.45) is 11.8 Å². The van der Waals surface area contributed by atoms with Crippen molar-refractivity contribution >= 4 is 11.8 Å². The van der Waals surface area contributed by atoms with Crippen LogP contribution in [0.25, 0.3) is 0 Å². The maximum atomic E-state index is 13.3. The number of nitriles is 2. The fourth-order valence-electron chi connectivity index (χ4n) is 0.908. The summed E-state index contributed by atoms with van der Waals surface area (Å²) in [7, 11) is 0. The van der Waals surface area contributed by atoms with E-state index in [1.165, 1.54) is 13.8 Å². The first-order valence-corrected chi connectivity index (χ1v) is 5.49. The van der Waals surface area contributed by atoms with Crippen LogP contribution in [0.4, 0.5) is 8.78 Å². The number of carbonyl (C=O) groups excluding carboxylic acids is 2. The predicted octanol–water partition coefficient (Wildman–Crippen LogP) is 0.173. The third kappa shape index (κ3) is 5.30. The highest BCUT2D eigenvalue weighted by atomic mass is 19.3. The largest absolute Gasteiger partial charge is 0.400 e. The van der Waals surface area contributed by atoms with E-state index >= 15 is 0 Å². The number of nitrogens with zero attached hydrogens (tertiary/aromatic N) is 2. The van der Waals surface area contributed by atoms with Gasteiger partial charge in [-0.3, -0.25) is 9.59 Å². The number of halogens is 2. The van der Waals surface area contributed by atoms with Gasteiger partial charge in [0.2, 0.25) is 0 Å². The summed E-state index contributed by atoms with van der Waals surface area (Å²) in [5, 5.41) is 20.5. The van der Waals surface area contributed by atoms with Gasteiger partial charge < -0.3 is 10.6 Å². The third-order valence-electron chi connectivity index (χ3n) is 2.15. The molecule has 0 aromatic rings. The van der Waals surface area contributed by atoms with Gasteiger partial charge >= 0.3 is 17.7 Å². The lowest BCUT2D eigenvalue weighted by Crippen LogP contribution is -2.52. The van der Waals surface area contributed by atoms with Crippen molar-refractivity contribution in [2.75, 3.05) is 13.1 Å². The second-order valence-corrected chi connectivity index (χ2v) is 4.05. The lowest BCUT2D eigenvalue weighted by Gasteiger charge is -2.16. The van der Waals surface area contributed by atoms with Crippen molar-refractivity contribution in [3.63, 3.8) is 0 Å². The van der Waals surface area contributed by atoms with E-state index in [0.717, 1.165) is 0 Å². The van der Waals surface area contributed by atoms with Crippen LogP contribution in [-0.2, 0) is 9.59 Å². The van der Waals surface area contributed by atoms with Crippen molar-refractivity contribution in [3.8, 4) is 12.1 Å². The molecule has 104 valence electrons. The number of hydrogen-bond acceptors (Lipinski definition) is 4. The number of hydrogen-bond donors (Lipinski definition) is 2. The molecule has 0 rings (SSSR count). The molecule has 0 saturated carbocycles. The summed E-state index contributed by atoms with van der Waals surface area (Å²) >= 11 is 0. The molecular weight excluding hydrogens is 258 g/mol. The summed E-state index contributed by atoms with van der Waals surface area (Å²) in [6, 6.07) is 3.50. The van der Waals surface area contributed by atoms with Crippen molar-refractivity contribution in [1.82, 2.24) is 10.6 Å². The van der Waals surface area contributed by atoms with Crippen LogP contribution in [0.5, 0.6) is 0 Å². The van der Waals surface area contributed by atoms with Crippen LogP contribution in [0.15, 0.2) is 0 Å². The molecule has 0 saturated heterocycles. The molecule has 2 amide bonds. The van der Waals surface area contributed by atoms with Crippen LogP contribution in [0.2, 0.25) is 0 Å². The monoisotopic (exact) mass is 272 g/mol. The molecule has 0 aromatic carbocycles. The Morgan fingerprint density at radius 1 is 1.05 bits per heavy atom. The van der Waals surface area contributed by atoms with E-state index in [1.807, 2.05) is 10.6 Å².